The van der Waals surface area contributed by atoms with Crippen molar-refractivity contribution in [2.24, 2.45) is 5.84 Å². The van der Waals surface area contributed by atoms with E-state index in [0.717, 1.165) is 25.7 Å². The molecule has 31 heavy (non-hydrogen) atoms. The van der Waals surface area contributed by atoms with Crippen molar-refractivity contribution in [3.8, 4) is 0 Å². The molecule has 0 unspecified atom stereocenters. The van der Waals surface area contributed by atoms with Crippen LogP contribution in [0.15, 0.2) is 34.9 Å². The molecule has 0 heterocycles. The zero-order valence-electron chi connectivity index (χ0n) is 18.9. The van der Waals surface area contributed by atoms with Crippen LogP contribution in [0.25, 0.3) is 0 Å². The van der Waals surface area contributed by atoms with E-state index in [9.17, 15) is 22.8 Å². The molecule has 5 nitrogen and oxygen atoms in total. The summed E-state index contributed by atoms with van der Waals surface area (Å²) in [6, 6.07) is -0.976. The van der Waals surface area contributed by atoms with Crippen molar-refractivity contribution < 1.29 is 22.8 Å². The van der Waals surface area contributed by atoms with Crippen LogP contribution in [0.3, 0.4) is 0 Å². The Bertz CT molecular complexity index is 655. The molecule has 0 aromatic carbocycles. The van der Waals surface area contributed by atoms with Gasteiger partial charge in [-0.2, -0.15) is 24.9 Å². The lowest BCUT2D eigenvalue weighted by molar-refractivity contribution is -0.144. The predicted molar refractivity (Wildman–Crippen MR) is 122 cm³/mol. The molecule has 0 saturated heterocycles. The molecule has 1 atom stereocenters. The Morgan fingerprint density at radius 3 is 2.10 bits per heavy atom. The van der Waals surface area contributed by atoms with Gasteiger partial charge in [-0.05, 0) is 53.4 Å². The standard InChI is InChI=1S/C22H36F3N3O2S/c1-16(2)7-5-8-17(3)9-6-10-18(4)12-14-31-15-19(21(30)28-26)27-20(29)11-13-22(23,24)25/h7,9,12,19H,5-6,8,10-11,13-15,26H2,1-4H3,(H,27,29)(H,28,30)/b17-9+,18-12+/t19-/m0/s1. The van der Waals surface area contributed by atoms with Gasteiger partial charge in [-0.15, -0.1) is 0 Å². The molecule has 0 radical (unpaired) electrons. The van der Waals surface area contributed by atoms with Crippen molar-refractivity contribution >= 4 is 23.6 Å². The molecule has 9 heteroatoms. The number of carbonyl (C=O) groups is 2. The number of hydrogen-bond acceptors (Lipinski definition) is 4. The molecule has 0 aliphatic rings. The van der Waals surface area contributed by atoms with Crippen molar-refractivity contribution in [1.82, 2.24) is 10.7 Å². The quantitative estimate of drug-likeness (QED) is 0.112. The van der Waals surface area contributed by atoms with Crippen LogP contribution in [0.4, 0.5) is 13.2 Å². The molecule has 0 aromatic heterocycles. The lowest BCUT2D eigenvalue weighted by Gasteiger charge is -2.17. The van der Waals surface area contributed by atoms with E-state index in [2.05, 4.69) is 44.3 Å². The molecule has 0 spiro atoms. The summed E-state index contributed by atoms with van der Waals surface area (Å²) >= 11 is 1.40. The highest BCUT2D eigenvalue weighted by atomic mass is 32.2. The van der Waals surface area contributed by atoms with E-state index in [1.54, 1.807) is 0 Å². The molecule has 0 fully saturated rings. The zero-order chi connectivity index (χ0) is 23.9. The van der Waals surface area contributed by atoms with Crippen molar-refractivity contribution in [3.63, 3.8) is 0 Å². The second-order valence-corrected chi connectivity index (χ2v) is 8.82. The van der Waals surface area contributed by atoms with Crippen LogP contribution < -0.4 is 16.6 Å². The number of hydrazine groups is 1. The van der Waals surface area contributed by atoms with Crippen molar-refractivity contribution in [2.75, 3.05) is 11.5 Å². The van der Waals surface area contributed by atoms with E-state index >= 15 is 0 Å². The fourth-order valence-electron chi connectivity index (χ4n) is 2.53. The summed E-state index contributed by atoms with van der Waals surface area (Å²) in [4.78, 5) is 23.5. The Hall–Kier alpha value is -1.74. The third kappa shape index (κ3) is 17.6. The van der Waals surface area contributed by atoms with Crippen molar-refractivity contribution in [3.05, 3.63) is 34.9 Å². The van der Waals surface area contributed by atoms with Gasteiger partial charge in [-0.25, -0.2) is 5.84 Å². The Kier molecular flexibility index (Phi) is 15.1. The summed E-state index contributed by atoms with van der Waals surface area (Å²) in [5.74, 6) is 4.49. The number of allylic oxidation sites excluding steroid dienone is 5. The number of nitrogens with two attached hydrogens (primary N) is 1. The van der Waals surface area contributed by atoms with Crippen LogP contribution in [0, 0.1) is 0 Å². The molecule has 4 N–H and O–H groups in total. The van der Waals surface area contributed by atoms with Crippen LogP contribution in [-0.2, 0) is 9.59 Å². The Morgan fingerprint density at radius 2 is 1.55 bits per heavy atom. The smallest absolute Gasteiger partial charge is 0.343 e. The van der Waals surface area contributed by atoms with E-state index in [1.165, 1.54) is 28.5 Å². The minimum absolute atomic E-state index is 0.216. The average molecular weight is 464 g/mol. The molecule has 0 bridgehead atoms. The molecule has 0 rings (SSSR count). The van der Waals surface area contributed by atoms with Crippen molar-refractivity contribution in [2.45, 2.75) is 78.4 Å². The van der Waals surface area contributed by atoms with Gasteiger partial charge in [0.1, 0.15) is 6.04 Å². The summed E-state index contributed by atoms with van der Waals surface area (Å²) in [5, 5.41) is 2.31. The van der Waals surface area contributed by atoms with Crippen LogP contribution in [-0.4, -0.2) is 35.5 Å². The van der Waals surface area contributed by atoms with E-state index in [4.69, 9.17) is 5.84 Å². The monoisotopic (exact) mass is 463 g/mol. The van der Waals surface area contributed by atoms with Crippen LogP contribution >= 0.6 is 11.8 Å². The van der Waals surface area contributed by atoms with Crippen molar-refractivity contribution in [1.29, 1.82) is 0 Å². The lowest BCUT2D eigenvalue weighted by atomic mass is 10.1. The Balaban J connectivity index is 4.36. The van der Waals surface area contributed by atoms with Gasteiger partial charge in [0.15, 0.2) is 0 Å². The molecule has 0 aromatic rings. The zero-order valence-corrected chi connectivity index (χ0v) is 19.7. The third-order valence-electron chi connectivity index (χ3n) is 4.39. The van der Waals surface area contributed by atoms with Gasteiger partial charge in [0, 0.05) is 17.9 Å². The minimum atomic E-state index is -4.42. The number of rotatable bonds is 14. The second kappa shape index (κ2) is 16.0. The normalized spacial score (nSPS) is 13.5. The number of amides is 2. The summed E-state index contributed by atoms with van der Waals surface area (Å²) in [6.45, 7) is 8.37. The number of halogens is 3. The van der Waals surface area contributed by atoms with Gasteiger partial charge in [0.05, 0.1) is 6.42 Å². The summed E-state index contributed by atoms with van der Waals surface area (Å²) in [7, 11) is 0. The fraction of sp³-hybridized carbons (Fsp3) is 0.636. The van der Waals surface area contributed by atoms with Crippen LogP contribution in [0.1, 0.15) is 66.2 Å². The van der Waals surface area contributed by atoms with E-state index in [1.807, 2.05) is 12.3 Å². The summed E-state index contributed by atoms with van der Waals surface area (Å²) in [5.41, 5.74) is 5.86. The summed E-state index contributed by atoms with van der Waals surface area (Å²) in [6.07, 6.45) is 4.18. The van der Waals surface area contributed by atoms with E-state index < -0.39 is 36.9 Å². The van der Waals surface area contributed by atoms with E-state index in [-0.39, 0.29) is 5.75 Å². The highest BCUT2D eigenvalue weighted by Crippen LogP contribution is 2.21. The second-order valence-electron chi connectivity index (χ2n) is 7.74. The first-order valence-electron chi connectivity index (χ1n) is 10.3. The number of alkyl halides is 3. The summed E-state index contributed by atoms with van der Waals surface area (Å²) < 4.78 is 36.7. The molecule has 0 saturated carbocycles. The van der Waals surface area contributed by atoms with Crippen LogP contribution in [0.2, 0.25) is 0 Å². The van der Waals surface area contributed by atoms with Gasteiger partial charge in [-0.1, -0.05) is 34.9 Å². The van der Waals surface area contributed by atoms with E-state index in [0.29, 0.717) is 5.75 Å². The lowest BCUT2D eigenvalue weighted by Crippen LogP contribution is -2.50. The largest absolute Gasteiger partial charge is 0.389 e. The topological polar surface area (TPSA) is 84.2 Å². The predicted octanol–water partition coefficient (Wildman–Crippen LogP) is 4.96. The molecule has 178 valence electrons. The minimum Gasteiger partial charge on any atom is -0.343 e. The highest BCUT2D eigenvalue weighted by Gasteiger charge is 2.29. The number of nitrogens with one attached hydrogen (secondary N) is 2. The molecule has 0 aliphatic heterocycles. The average Bonchev–Trinajstić information content (AvgIpc) is 2.67. The number of hydrogen-bond donors (Lipinski definition) is 3. The first-order chi connectivity index (χ1) is 14.4. The van der Waals surface area contributed by atoms with Gasteiger partial charge < -0.3 is 5.32 Å². The van der Waals surface area contributed by atoms with Gasteiger partial charge in [0.25, 0.3) is 5.91 Å². The maximum absolute atomic E-state index is 12.2. The maximum atomic E-state index is 12.2. The number of thioether (sulfide) groups is 1. The molecular formula is C22H36F3N3O2S. The van der Waals surface area contributed by atoms with Gasteiger partial charge in [-0.3, -0.25) is 15.0 Å². The Labute approximate surface area is 188 Å². The fourth-order valence-corrected chi connectivity index (χ4v) is 3.54. The first-order valence-corrected chi connectivity index (χ1v) is 11.5. The first kappa shape index (κ1) is 29.3. The van der Waals surface area contributed by atoms with Gasteiger partial charge >= 0.3 is 6.18 Å². The SMILES string of the molecule is CC(C)=CCC/C(C)=C/CC/C(C)=C/CSC[C@H](NC(=O)CCC(F)(F)F)C(=O)NN. The third-order valence-corrected chi connectivity index (χ3v) is 5.36. The number of carbonyl (C=O) groups excluding carboxylic acids is 2. The van der Waals surface area contributed by atoms with Crippen LogP contribution in [0.5, 0.6) is 0 Å². The molecule has 2 amide bonds. The van der Waals surface area contributed by atoms with Gasteiger partial charge in [0.2, 0.25) is 5.91 Å². The highest BCUT2D eigenvalue weighted by molar-refractivity contribution is 7.99. The molecule has 0 aliphatic carbocycles. The maximum Gasteiger partial charge on any atom is 0.389 e. The molecular weight excluding hydrogens is 427 g/mol. The Morgan fingerprint density at radius 1 is 0.968 bits per heavy atom.